The molecule has 0 saturated heterocycles. The van der Waals surface area contributed by atoms with E-state index in [2.05, 4.69) is 9.44 Å². The van der Waals surface area contributed by atoms with E-state index in [0.29, 0.717) is 0 Å². The van der Waals surface area contributed by atoms with Crippen LogP contribution in [0.1, 0.15) is 55.7 Å². The lowest BCUT2D eigenvalue weighted by Gasteiger charge is -2.22. The number of nitrogens with one attached hydrogen (secondary N) is 2. The van der Waals surface area contributed by atoms with Crippen LogP contribution in [0.15, 0.2) is 58.3 Å². The summed E-state index contributed by atoms with van der Waals surface area (Å²) in [5.74, 6) is 0. The van der Waals surface area contributed by atoms with E-state index in [4.69, 9.17) is 0 Å². The van der Waals surface area contributed by atoms with Crippen LogP contribution in [0.4, 0.5) is 0 Å². The number of hydrogen-bond acceptors (Lipinski definition) is 4. The van der Waals surface area contributed by atoms with Gasteiger partial charge < -0.3 is 0 Å². The number of hydrogen-bond donors (Lipinski definition) is 2. The number of sulfonamides is 2. The maximum absolute atomic E-state index is 12.8. The van der Waals surface area contributed by atoms with Crippen LogP contribution < -0.4 is 9.44 Å². The molecule has 2 aromatic rings. The number of aryl methyl sites for hydroxylation is 1. The van der Waals surface area contributed by atoms with Gasteiger partial charge in [0.05, 0.1) is 9.79 Å². The Balaban J connectivity index is 1.48. The van der Waals surface area contributed by atoms with E-state index in [-0.39, 0.29) is 21.9 Å². The molecule has 156 valence electrons. The van der Waals surface area contributed by atoms with E-state index >= 15 is 0 Å². The molecular weight excluding hydrogens is 408 g/mol. The molecule has 0 amide bonds. The lowest BCUT2D eigenvalue weighted by Crippen LogP contribution is -2.36. The lowest BCUT2D eigenvalue weighted by atomic mass is 9.96. The summed E-state index contributed by atoms with van der Waals surface area (Å²) in [7, 11) is -7.39. The van der Waals surface area contributed by atoms with Crippen molar-refractivity contribution in [2.45, 2.75) is 66.8 Å². The van der Waals surface area contributed by atoms with Crippen molar-refractivity contribution in [1.29, 1.82) is 0 Å². The summed E-state index contributed by atoms with van der Waals surface area (Å²) >= 11 is 0. The average Bonchev–Trinajstić information content (AvgIpc) is 3.11. The van der Waals surface area contributed by atoms with Crippen LogP contribution >= 0.6 is 0 Å². The smallest absolute Gasteiger partial charge is 0.208 e. The van der Waals surface area contributed by atoms with Gasteiger partial charge in [0.1, 0.15) is 0 Å². The SMILES string of the molecule is O=S(=O)(NC1CCCCC1)c1ccc(S(=O)(=O)N[C@H]2CCc3ccccc32)cc1. The molecule has 2 N–H and O–H groups in total. The molecule has 0 aliphatic heterocycles. The fraction of sp³-hybridized carbons (Fsp3) is 0.429. The van der Waals surface area contributed by atoms with Crippen LogP contribution in [0.2, 0.25) is 0 Å². The Hall–Kier alpha value is -1.74. The van der Waals surface area contributed by atoms with Gasteiger partial charge in [-0.1, -0.05) is 43.5 Å². The van der Waals surface area contributed by atoms with Crippen molar-refractivity contribution >= 4 is 20.0 Å². The minimum atomic E-state index is -3.74. The normalized spacial score (nSPS) is 20.5. The second-order valence-electron chi connectivity index (χ2n) is 7.84. The van der Waals surface area contributed by atoms with Gasteiger partial charge in [0.2, 0.25) is 20.0 Å². The average molecular weight is 435 g/mol. The Morgan fingerprint density at radius 2 is 1.28 bits per heavy atom. The third kappa shape index (κ3) is 4.55. The van der Waals surface area contributed by atoms with Crippen LogP contribution in [-0.2, 0) is 26.5 Å². The van der Waals surface area contributed by atoms with Crippen molar-refractivity contribution in [3.05, 3.63) is 59.7 Å². The number of rotatable bonds is 6. The third-order valence-corrected chi connectivity index (χ3v) is 8.83. The summed E-state index contributed by atoms with van der Waals surface area (Å²) in [6.07, 6.45) is 6.45. The van der Waals surface area contributed by atoms with Gasteiger partial charge in [-0.05, 0) is 61.1 Å². The minimum absolute atomic E-state index is 0.0405. The Bertz CT molecular complexity index is 1070. The molecule has 0 unspecified atom stereocenters. The Morgan fingerprint density at radius 3 is 1.93 bits per heavy atom. The number of benzene rings is 2. The van der Waals surface area contributed by atoms with Crippen molar-refractivity contribution in [2.75, 3.05) is 0 Å². The molecule has 0 aromatic heterocycles. The second kappa shape index (κ2) is 8.18. The quantitative estimate of drug-likeness (QED) is 0.730. The van der Waals surface area contributed by atoms with E-state index in [0.717, 1.165) is 56.1 Å². The van der Waals surface area contributed by atoms with Crippen molar-refractivity contribution in [1.82, 2.24) is 9.44 Å². The molecule has 8 heteroatoms. The highest BCUT2D eigenvalue weighted by molar-refractivity contribution is 7.90. The fourth-order valence-electron chi connectivity index (χ4n) is 4.24. The molecule has 2 aromatic carbocycles. The lowest BCUT2D eigenvalue weighted by molar-refractivity contribution is 0.412. The van der Waals surface area contributed by atoms with E-state index in [1.807, 2.05) is 24.3 Å². The van der Waals surface area contributed by atoms with Gasteiger partial charge in [0, 0.05) is 12.1 Å². The zero-order valence-electron chi connectivity index (χ0n) is 16.2. The van der Waals surface area contributed by atoms with Crippen molar-refractivity contribution in [3.63, 3.8) is 0 Å². The van der Waals surface area contributed by atoms with E-state index in [1.165, 1.54) is 24.3 Å². The summed E-state index contributed by atoms with van der Waals surface area (Å²) in [5, 5.41) is 0. The summed E-state index contributed by atoms with van der Waals surface area (Å²) < 4.78 is 56.3. The predicted molar refractivity (Wildman–Crippen MR) is 111 cm³/mol. The van der Waals surface area contributed by atoms with Crippen LogP contribution in [0, 0.1) is 0 Å². The van der Waals surface area contributed by atoms with E-state index in [1.54, 1.807) is 0 Å². The molecule has 1 saturated carbocycles. The molecule has 0 heterocycles. The van der Waals surface area contributed by atoms with Crippen LogP contribution in [-0.4, -0.2) is 22.9 Å². The van der Waals surface area contributed by atoms with Crippen LogP contribution in [0.25, 0.3) is 0 Å². The van der Waals surface area contributed by atoms with Gasteiger partial charge in [-0.25, -0.2) is 26.3 Å². The molecule has 0 radical (unpaired) electrons. The summed E-state index contributed by atoms with van der Waals surface area (Å²) in [5.41, 5.74) is 2.17. The van der Waals surface area contributed by atoms with Gasteiger partial charge in [0.15, 0.2) is 0 Å². The molecule has 2 aliphatic rings. The van der Waals surface area contributed by atoms with Crippen molar-refractivity contribution in [2.24, 2.45) is 0 Å². The molecule has 29 heavy (non-hydrogen) atoms. The first-order chi connectivity index (χ1) is 13.9. The maximum Gasteiger partial charge on any atom is 0.241 e. The van der Waals surface area contributed by atoms with Gasteiger partial charge in [-0.3, -0.25) is 0 Å². The summed E-state index contributed by atoms with van der Waals surface area (Å²) in [4.78, 5) is 0.159. The molecule has 1 atom stereocenters. The Kier molecular flexibility index (Phi) is 5.79. The van der Waals surface area contributed by atoms with Crippen molar-refractivity contribution < 1.29 is 16.8 Å². The first-order valence-electron chi connectivity index (χ1n) is 10.1. The Labute approximate surface area is 172 Å². The molecule has 0 spiro atoms. The zero-order chi connectivity index (χ0) is 20.5. The van der Waals surface area contributed by atoms with Gasteiger partial charge in [0.25, 0.3) is 0 Å². The van der Waals surface area contributed by atoms with Crippen molar-refractivity contribution in [3.8, 4) is 0 Å². The molecule has 4 rings (SSSR count). The Morgan fingerprint density at radius 1 is 0.690 bits per heavy atom. The van der Waals surface area contributed by atoms with Gasteiger partial charge in [-0.15, -0.1) is 0 Å². The van der Waals surface area contributed by atoms with Crippen LogP contribution in [0.3, 0.4) is 0 Å². The molecule has 0 bridgehead atoms. The van der Waals surface area contributed by atoms with E-state index in [9.17, 15) is 16.8 Å². The standard InChI is InChI=1S/C21H26N2O4S2/c24-28(25,22-17-7-2-1-3-8-17)18-11-13-19(14-12-18)29(26,27)23-21-15-10-16-6-4-5-9-20(16)21/h4-6,9,11-14,17,21-23H,1-3,7-8,10,15H2/t21-/m0/s1. The minimum Gasteiger partial charge on any atom is -0.208 e. The van der Waals surface area contributed by atoms with Gasteiger partial charge >= 0.3 is 0 Å². The second-order valence-corrected chi connectivity index (χ2v) is 11.3. The topological polar surface area (TPSA) is 92.3 Å². The van der Waals surface area contributed by atoms with Gasteiger partial charge in [-0.2, -0.15) is 0 Å². The molecule has 1 fully saturated rings. The molecule has 6 nitrogen and oxygen atoms in total. The predicted octanol–water partition coefficient (Wildman–Crippen LogP) is 3.26. The monoisotopic (exact) mass is 434 g/mol. The highest BCUT2D eigenvalue weighted by Gasteiger charge is 2.28. The zero-order valence-corrected chi connectivity index (χ0v) is 17.8. The number of fused-ring (bicyclic) bond motifs is 1. The molecular formula is C21H26N2O4S2. The highest BCUT2D eigenvalue weighted by Crippen LogP contribution is 2.32. The summed E-state index contributed by atoms with van der Waals surface area (Å²) in [6, 6.07) is 13.0. The first-order valence-corrected chi connectivity index (χ1v) is 13.0. The highest BCUT2D eigenvalue weighted by atomic mass is 32.2. The summed E-state index contributed by atoms with van der Waals surface area (Å²) in [6.45, 7) is 0. The van der Waals surface area contributed by atoms with E-state index < -0.39 is 20.0 Å². The van der Waals surface area contributed by atoms with Crippen LogP contribution in [0.5, 0.6) is 0 Å². The maximum atomic E-state index is 12.8. The first kappa shape index (κ1) is 20.5. The largest absolute Gasteiger partial charge is 0.241 e. The third-order valence-electron chi connectivity index (χ3n) is 5.80. The fourth-order valence-corrected chi connectivity index (χ4v) is 6.80. The molecule has 2 aliphatic carbocycles.